The Morgan fingerprint density at radius 2 is 1.55 bits per heavy atom. The Morgan fingerprint density at radius 3 is 2.23 bits per heavy atom. The minimum atomic E-state index is -0.358. The lowest BCUT2D eigenvalue weighted by atomic mass is 10.1. The Bertz CT molecular complexity index is 708. The molecule has 3 rings (SSSR count). The van der Waals surface area contributed by atoms with Gasteiger partial charge in [-0.05, 0) is 23.6 Å². The second kappa shape index (κ2) is 6.26. The number of carbonyl (C=O) groups excluding carboxylic acids is 2. The molecule has 2 aromatic carbocycles. The summed E-state index contributed by atoms with van der Waals surface area (Å²) in [5.74, 6) is -0.273. The molecule has 0 aromatic heterocycles. The van der Waals surface area contributed by atoms with Crippen LogP contribution in [0.3, 0.4) is 0 Å². The van der Waals surface area contributed by atoms with E-state index in [1.165, 1.54) is 4.90 Å². The van der Waals surface area contributed by atoms with Gasteiger partial charge in [0.25, 0.3) is 5.91 Å². The predicted molar refractivity (Wildman–Crippen MR) is 84.8 cm³/mol. The molecular formula is C18H16N2O2. The molecule has 1 aliphatic heterocycles. The van der Waals surface area contributed by atoms with Crippen molar-refractivity contribution in [2.24, 2.45) is 0 Å². The average Bonchev–Trinajstić information content (AvgIpc) is 2.81. The maximum Gasteiger partial charge on any atom is 0.329 e. The van der Waals surface area contributed by atoms with E-state index in [1.54, 1.807) is 6.08 Å². The van der Waals surface area contributed by atoms with Crippen molar-refractivity contribution in [1.29, 1.82) is 0 Å². The summed E-state index contributed by atoms with van der Waals surface area (Å²) in [5, 5.41) is 2.64. The zero-order valence-electron chi connectivity index (χ0n) is 12.0. The van der Waals surface area contributed by atoms with E-state index in [9.17, 15) is 9.59 Å². The van der Waals surface area contributed by atoms with Crippen LogP contribution in [0.2, 0.25) is 0 Å². The second-order valence-electron chi connectivity index (χ2n) is 5.09. The minimum absolute atomic E-state index is 0.273. The maximum absolute atomic E-state index is 12.3. The molecule has 1 saturated heterocycles. The first kappa shape index (κ1) is 14.1. The molecule has 0 radical (unpaired) electrons. The van der Waals surface area contributed by atoms with Crippen LogP contribution >= 0.6 is 0 Å². The molecule has 1 fully saturated rings. The molecule has 2 aromatic rings. The fraction of sp³-hybridized carbons (Fsp3) is 0.111. The fourth-order valence-electron chi connectivity index (χ4n) is 2.38. The van der Waals surface area contributed by atoms with Crippen LogP contribution < -0.4 is 5.32 Å². The molecule has 1 N–H and O–H groups in total. The molecular weight excluding hydrogens is 276 g/mol. The van der Waals surface area contributed by atoms with Gasteiger partial charge in [-0.3, -0.25) is 9.69 Å². The molecule has 4 nitrogen and oxygen atoms in total. The molecule has 1 heterocycles. The van der Waals surface area contributed by atoms with Crippen molar-refractivity contribution >= 4 is 18.0 Å². The Morgan fingerprint density at radius 1 is 0.909 bits per heavy atom. The number of nitrogens with zero attached hydrogens (tertiary/aromatic N) is 1. The highest BCUT2D eigenvalue weighted by atomic mass is 16.2. The Hall–Kier alpha value is -2.88. The Balaban J connectivity index is 1.71. The summed E-state index contributed by atoms with van der Waals surface area (Å²) in [6, 6.07) is 18.9. The Labute approximate surface area is 129 Å². The standard InChI is InChI=1S/C18H16N2O2/c21-17-16(13-15-9-5-2-6-10-15)19-18(22)20(17)12-11-14-7-3-1-4-8-14/h1-10,13H,11-12H2,(H,19,22)/b16-13+. The van der Waals surface area contributed by atoms with E-state index in [0.717, 1.165) is 11.1 Å². The van der Waals surface area contributed by atoms with E-state index in [4.69, 9.17) is 0 Å². The van der Waals surface area contributed by atoms with Gasteiger partial charge < -0.3 is 5.32 Å². The molecule has 1 aliphatic rings. The van der Waals surface area contributed by atoms with Crippen molar-refractivity contribution in [3.63, 3.8) is 0 Å². The number of benzene rings is 2. The van der Waals surface area contributed by atoms with Crippen LogP contribution in [0, 0.1) is 0 Å². The van der Waals surface area contributed by atoms with Gasteiger partial charge >= 0.3 is 6.03 Å². The summed E-state index contributed by atoms with van der Waals surface area (Å²) >= 11 is 0. The third kappa shape index (κ3) is 3.06. The van der Waals surface area contributed by atoms with Gasteiger partial charge in [0, 0.05) is 6.54 Å². The predicted octanol–water partition coefficient (Wildman–Crippen LogP) is 2.82. The van der Waals surface area contributed by atoms with Crippen LogP contribution in [0.4, 0.5) is 4.79 Å². The first-order valence-electron chi connectivity index (χ1n) is 7.17. The molecule has 0 unspecified atom stereocenters. The SMILES string of the molecule is O=C1N/C(=C/c2ccccc2)C(=O)N1CCc1ccccc1. The normalized spacial score (nSPS) is 16.2. The van der Waals surface area contributed by atoms with Gasteiger partial charge in [-0.15, -0.1) is 0 Å². The number of carbonyl (C=O) groups is 2. The van der Waals surface area contributed by atoms with Crippen LogP contribution in [0.25, 0.3) is 6.08 Å². The lowest BCUT2D eigenvalue weighted by molar-refractivity contribution is -0.122. The molecule has 0 atom stereocenters. The highest BCUT2D eigenvalue weighted by Gasteiger charge is 2.32. The first-order chi connectivity index (χ1) is 10.7. The third-order valence-electron chi connectivity index (χ3n) is 3.54. The van der Waals surface area contributed by atoms with Crippen LogP contribution in [-0.2, 0) is 11.2 Å². The average molecular weight is 292 g/mol. The lowest BCUT2D eigenvalue weighted by Crippen LogP contribution is -2.32. The van der Waals surface area contributed by atoms with Gasteiger partial charge in [0.2, 0.25) is 0 Å². The van der Waals surface area contributed by atoms with Crippen LogP contribution in [0.15, 0.2) is 66.4 Å². The highest BCUT2D eigenvalue weighted by Crippen LogP contribution is 2.14. The van der Waals surface area contributed by atoms with Gasteiger partial charge in [-0.2, -0.15) is 0 Å². The number of urea groups is 1. The molecule has 4 heteroatoms. The van der Waals surface area contributed by atoms with Crippen molar-refractivity contribution < 1.29 is 9.59 Å². The maximum atomic E-state index is 12.3. The van der Waals surface area contributed by atoms with E-state index >= 15 is 0 Å². The van der Waals surface area contributed by atoms with Gasteiger partial charge in [-0.1, -0.05) is 60.7 Å². The van der Waals surface area contributed by atoms with E-state index in [1.807, 2.05) is 60.7 Å². The topological polar surface area (TPSA) is 49.4 Å². The van der Waals surface area contributed by atoms with E-state index < -0.39 is 0 Å². The number of hydrogen-bond donors (Lipinski definition) is 1. The zero-order chi connectivity index (χ0) is 15.4. The summed E-state index contributed by atoms with van der Waals surface area (Å²) in [4.78, 5) is 25.5. The number of hydrogen-bond acceptors (Lipinski definition) is 2. The smallest absolute Gasteiger partial charge is 0.303 e. The molecule has 0 spiro atoms. The van der Waals surface area contributed by atoms with Crippen molar-refractivity contribution in [2.45, 2.75) is 6.42 Å². The fourth-order valence-corrected chi connectivity index (χ4v) is 2.38. The molecule has 3 amide bonds. The lowest BCUT2D eigenvalue weighted by Gasteiger charge is -2.11. The number of rotatable bonds is 4. The minimum Gasteiger partial charge on any atom is -0.303 e. The third-order valence-corrected chi connectivity index (χ3v) is 3.54. The highest BCUT2D eigenvalue weighted by molar-refractivity contribution is 6.13. The van der Waals surface area contributed by atoms with Crippen molar-refractivity contribution in [3.8, 4) is 0 Å². The van der Waals surface area contributed by atoms with E-state index in [2.05, 4.69) is 5.32 Å². The summed E-state index contributed by atoms with van der Waals surface area (Å²) < 4.78 is 0. The quantitative estimate of drug-likeness (QED) is 0.696. The Kier molecular flexibility index (Phi) is 4.01. The van der Waals surface area contributed by atoms with Gasteiger partial charge in [0.05, 0.1) is 0 Å². The summed E-state index contributed by atoms with van der Waals surface area (Å²) in [5.41, 5.74) is 2.31. The molecule has 0 aliphatic carbocycles. The van der Waals surface area contributed by atoms with Crippen LogP contribution in [0.1, 0.15) is 11.1 Å². The monoisotopic (exact) mass is 292 g/mol. The first-order valence-corrected chi connectivity index (χ1v) is 7.17. The largest absolute Gasteiger partial charge is 0.329 e. The van der Waals surface area contributed by atoms with Gasteiger partial charge in [-0.25, -0.2) is 4.79 Å². The molecule has 0 saturated carbocycles. The zero-order valence-corrected chi connectivity index (χ0v) is 12.0. The molecule has 110 valence electrons. The summed E-state index contributed by atoms with van der Waals surface area (Å²) in [7, 11) is 0. The number of amides is 3. The summed E-state index contributed by atoms with van der Waals surface area (Å²) in [6.45, 7) is 0.376. The van der Waals surface area contributed by atoms with Crippen molar-refractivity contribution in [2.75, 3.05) is 6.54 Å². The second-order valence-corrected chi connectivity index (χ2v) is 5.09. The number of nitrogens with one attached hydrogen (secondary N) is 1. The van der Waals surface area contributed by atoms with Gasteiger partial charge in [0.1, 0.15) is 5.70 Å². The van der Waals surface area contributed by atoms with E-state index in [0.29, 0.717) is 18.7 Å². The van der Waals surface area contributed by atoms with Crippen molar-refractivity contribution in [1.82, 2.24) is 10.2 Å². The number of imide groups is 1. The summed E-state index contributed by atoms with van der Waals surface area (Å²) in [6.07, 6.45) is 2.35. The van der Waals surface area contributed by atoms with Crippen molar-refractivity contribution in [3.05, 3.63) is 77.5 Å². The van der Waals surface area contributed by atoms with Gasteiger partial charge in [0.15, 0.2) is 0 Å². The van der Waals surface area contributed by atoms with Crippen LogP contribution in [-0.4, -0.2) is 23.4 Å². The molecule has 0 bridgehead atoms. The van der Waals surface area contributed by atoms with E-state index in [-0.39, 0.29) is 11.9 Å². The molecule has 22 heavy (non-hydrogen) atoms. The van der Waals surface area contributed by atoms with Crippen LogP contribution in [0.5, 0.6) is 0 Å².